The second-order valence-electron chi connectivity index (χ2n) is 4.31. The van der Waals surface area contributed by atoms with Gasteiger partial charge in [-0.3, -0.25) is 0 Å². The lowest BCUT2D eigenvalue weighted by Crippen LogP contribution is -2.29. The van der Waals surface area contributed by atoms with Crippen molar-refractivity contribution in [3.05, 3.63) is 24.3 Å². The van der Waals surface area contributed by atoms with Crippen LogP contribution in [0.1, 0.15) is 33.1 Å². The van der Waals surface area contributed by atoms with Crippen LogP contribution in [0.3, 0.4) is 0 Å². The zero-order valence-electron chi connectivity index (χ0n) is 11.8. The van der Waals surface area contributed by atoms with Crippen molar-refractivity contribution in [3.8, 4) is 0 Å². The lowest BCUT2D eigenvalue weighted by molar-refractivity contribution is 0.578. The van der Waals surface area contributed by atoms with Crippen molar-refractivity contribution in [1.82, 2.24) is 0 Å². The first-order valence-corrected chi connectivity index (χ1v) is 7.19. The third-order valence-corrected chi connectivity index (χ3v) is 3.06. The third-order valence-electron chi connectivity index (χ3n) is 3.06. The molecule has 1 aromatic rings. The van der Waals surface area contributed by atoms with E-state index in [2.05, 4.69) is 34.5 Å². The summed E-state index contributed by atoms with van der Waals surface area (Å²) < 4.78 is 0. The molecule has 102 valence electrons. The minimum absolute atomic E-state index is 0.674. The van der Waals surface area contributed by atoms with Crippen LogP contribution in [-0.2, 0) is 0 Å². The van der Waals surface area contributed by atoms with Gasteiger partial charge in [-0.1, -0.05) is 13.8 Å². The van der Waals surface area contributed by atoms with Gasteiger partial charge >= 0.3 is 0 Å². The van der Waals surface area contributed by atoms with E-state index in [0.29, 0.717) is 6.54 Å². The monoisotopic (exact) mass is 249 g/mol. The van der Waals surface area contributed by atoms with E-state index in [4.69, 9.17) is 5.73 Å². The number of hydrogen-bond acceptors (Lipinski definition) is 3. The van der Waals surface area contributed by atoms with Crippen LogP contribution in [0.5, 0.6) is 0 Å². The van der Waals surface area contributed by atoms with Crippen LogP contribution in [0.4, 0.5) is 11.4 Å². The minimum atomic E-state index is 0.674. The molecule has 18 heavy (non-hydrogen) atoms. The summed E-state index contributed by atoms with van der Waals surface area (Å²) in [5, 5.41) is 3.28. The van der Waals surface area contributed by atoms with Gasteiger partial charge in [0.25, 0.3) is 0 Å². The summed E-state index contributed by atoms with van der Waals surface area (Å²) in [5.74, 6) is 0. The van der Waals surface area contributed by atoms with Gasteiger partial charge in [0.2, 0.25) is 0 Å². The fourth-order valence-electron chi connectivity index (χ4n) is 2.16. The van der Waals surface area contributed by atoms with Crippen molar-refractivity contribution in [1.29, 1.82) is 0 Å². The molecule has 1 aliphatic heterocycles. The Kier molecular flexibility index (Phi) is 7.26. The van der Waals surface area contributed by atoms with Gasteiger partial charge in [-0.25, -0.2) is 0 Å². The quantitative estimate of drug-likeness (QED) is 0.861. The Balaban J connectivity index is 0.000000771. The standard InChI is InChI=1S/C13H21N3.C2H6/c14-8-9-15-12-4-6-13(7-5-12)16-10-2-1-3-11-16;1-2/h4-7,15H,1-3,8-11,14H2;1-2H3. The topological polar surface area (TPSA) is 41.3 Å². The highest BCUT2D eigenvalue weighted by Gasteiger charge is 2.10. The Hall–Kier alpha value is -1.22. The first-order chi connectivity index (χ1) is 8.90. The smallest absolute Gasteiger partial charge is 0.0367 e. The summed E-state index contributed by atoms with van der Waals surface area (Å²) in [6.45, 7) is 7.92. The molecule has 0 aromatic heterocycles. The van der Waals surface area contributed by atoms with E-state index in [1.54, 1.807) is 0 Å². The molecule has 0 bridgehead atoms. The molecule has 0 amide bonds. The van der Waals surface area contributed by atoms with Crippen molar-refractivity contribution >= 4 is 11.4 Å². The second-order valence-corrected chi connectivity index (χ2v) is 4.31. The average molecular weight is 249 g/mol. The van der Waals surface area contributed by atoms with Gasteiger partial charge < -0.3 is 16.0 Å². The number of benzene rings is 1. The predicted octanol–water partition coefficient (Wildman–Crippen LogP) is 3.07. The van der Waals surface area contributed by atoms with Gasteiger partial charge in [0.15, 0.2) is 0 Å². The molecule has 2 rings (SSSR count). The van der Waals surface area contributed by atoms with E-state index < -0.39 is 0 Å². The van der Waals surface area contributed by atoms with Crippen LogP contribution in [0, 0.1) is 0 Å². The van der Waals surface area contributed by atoms with Gasteiger partial charge in [-0.2, -0.15) is 0 Å². The van der Waals surface area contributed by atoms with Crippen molar-refractivity contribution in [2.45, 2.75) is 33.1 Å². The highest BCUT2D eigenvalue weighted by molar-refractivity contribution is 5.55. The first kappa shape index (κ1) is 14.8. The van der Waals surface area contributed by atoms with Gasteiger partial charge in [0.05, 0.1) is 0 Å². The second kappa shape index (κ2) is 8.81. The summed E-state index contributed by atoms with van der Waals surface area (Å²) in [6.07, 6.45) is 4.03. The summed E-state index contributed by atoms with van der Waals surface area (Å²) >= 11 is 0. The van der Waals surface area contributed by atoms with Crippen LogP contribution in [0.25, 0.3) is 0 Å². The van der Waals surface area contributed by atoms with Crippen LogP contribution < -0.4 is 16.0 Å². The molecule has 1 fully saturated rings. The number of rotatable bonds is 4. The Morgan fingerprint density at radius 1 is 1.06 bits per heavy atom. The third kappa shape index (κ3) is 4.57. The number of nitrogens with zero attached hydrogens (tertiary/aromatic N) is 1. The first-order valence-electron chi connectivity index (χ1n) is 7.19. The van der Waals surface area contributed by atoms with Crippen LogP contribution in [-0.4, -0.2) is 26.2 Å². The molecule has 0 spiro atoms. The lowest BCUT2D eigenvalue weighted by Gasteiger charge is -2.28. The Bertz CT molecular complexity index is 302. The fraction of sp³-hybridized carbons (Fsp3) is 0.600. The van der Waals surface area contributed by atoms with E-state index in [1.807, 2.05) is 13.8 Å². The van der Waals surface area contributed by atoms with Crippen molar-refractivity contribution in [2.75, 3.05) is 36.4 Å². The SMILES string of the molecule is CC.NCCNc1ccc(N2CCCCC2)cc1. The molecule has 0 aliphatic carbocycles. The highest BCUT2D eigenvalue weighted by atomic mass is 15.1. The number of nitrogens with two attached hydrogens (primary N) is 1. The number of piperidine rings is 1. The van der Waals surface area contributed by atoms with Gasteiger partial charge in [-0.15, -0.1) is 0 Å². The van der Waals surface area contributed by atoms with Gasteiger partial charge in [-0.05, 0) is 43.5 Å². The van der Waals surface area contributed by atoms with Crippen molar-refractivity contribution < 1.29 is 0 Å². The average Bonchev–Trinajstić information content (AvgIpc) is 2.49. The maximum Gasteiger partial charge on any atom is 0.0367 e. The summed E-state index contributed by atoms with van der Waals surface area (Å²) in [6, 6.07) is 8.67. The largest absolute Gasteiger partial charge is 0.384 e. The van der Waals surface area contributed by atoms with Crippen molar-refractivity contribution in [3.63, 3.8) is 0 Å². The molecule has 3 heteroatoms. The molecule has 1 aliphatic rings. The van der Waals surface area contributed by atoms with Crippen LogP contribution >= 0.6 is 0 Å². The fourth-order valence-corrected chi connectivity index (χ4v) is 2.16. The van der Waals surface area contributed by atoms with E-state index in [1.165, 1.54) is 38.0 Å². The Labute approximate surface area is 111 Å². The van der Waals surface area contributed by atoms with Gasteiger partial charge in [0.1, 0.15) is 0 Å². The maximum atomic E-state index is 5.45. The molecular formula is C15H27N3. The molecule has 1 saturated heterocycles. The molecule has 3 N–H and O–H groups in total. The summed E-state index contributed by atoms with van der Waals surface area (Å²) in [7, 11) is 0. The van der Waals surface area contributed by atoms with E-state index in [-0.39, 0.29) is 0 Å². The maximum absolute atomic E-state index is 5.45. The van der Waals surface area contributed by atoms with E-state index >= 15 is 0 Å². The van der Waals surface area contributed by atoms with Crippen LogP contribution in [0.2, 0.25) is 0 Å². The molecule has 0 unspecified atom stereocenters. The zero-order chi connectivity index (χ0) is 13.2. The molecule has 1 heterocycles. The summed E-state index contributed by atoms with van der Waals surface area (Å²) in [4.78, 5) is 2.47. The lowest BCUT2D eigenvalue weighted by atomic mass is 10.1. The van der Waals surface area contributed by atoms with Crippen LogP contribution in [0.15, 0.2) is 24.3 Å². The number of anilines is 2. The molecule has 0 radical (unpaired) electrons. The molecule has 1 aromatic carbocycles. The zero-order valence-corrected chi connectivity index (χ0v) is 11.8. The predicted molar refractivity (Wildman–Crippen MR) is 81.4 cm³/mol. The van der Waals surface area contributed by atoms with E-state index in [9.17, 15) is 0 Å². The molecule has 0 saturated carbocycles. The molecule has 3 nitrogen and oxygen atoms in total. The summed E-state index contributed by atoms with van der Waals surface area (Å²) in [5.41, 5.74) is 7.96. The van der Waals surface area contributed by atoms with Crippen molar-refractivity contribution in [2.24, 2.45) is 5.73 Å². The number of nitrogens with one attached hydrogen (secondary N) is 1. The van der Waals surface area contributed by atoms with E-state index in [0.717, 1.165) is 12.2 Å². The minimum Gasteiger partial charge on any atom is -0.384 e. The van der Waals surface area contributed by atoms with Gasteiger partial charge in [0, 0.05) is 37.6 Å². The Morgan fingerprint density at radius 2 is 1.67 bits per heavy atom. The molecule has 0 atom stereocenters. The Morgan fingerprint density at radius 3 is 2.22 bits per heavy atom. The number of hydrogen-bond donors (Lipinski definition) is 2. The molecular weight excluding hydrogens is 222 g/mol. The highest BCUT2D eigenvalue weighted by Crippen LogP contribution is 2.21. The normalized spacial score (nSPS) is 14.7.